The molecule has 1 saturated carbocycles. The van der Waals surface area contributed by atoms with E-state index in [0.29, 0.717) is 11.7 Å². The van der Waals surface area contributed by atoms with Gasteiger partial charge in [-0.15, -0.1) is 0 Å². The van der Waals surface area contributed by atoms with Crippen molar-refractivity contribution in [3.63, 3.8) is 0 Å². The number of piperidine rings is 1. The second-order valence-electron chi connectivity index (χ2n) is 5.14. The molecule has 0 atom stereocenters. The van der Waals surface area contributed by atoms with Gasteiger partial charge in [0.1, 0.15) is 0 Å². The number of hydrogen-bond acceptors (Lipinski definition) is 3. The molecular weight excluding hydrogens is 212 g/mol. The van der Waals surface area contributed by atoms with Crippen LogP contribution in [0.2, 0.25) is 0 Å². The van der Waals surface area contributed by atoms with E-state index in [1.165, 1.54) is 0 Å². The van der Waals surface area contributed by atoms with Gasteiger partial charge in [-0.1, -0.05) is 0 Å². The first-order chi connectivity index (χ1) is 6.99. The molecule has 2 rings (SSSR count). The van der Waals surface area contributed by atoms with E-state index in [4.69, 9.17) is 0 Å². The van der Waals surface area contributed by atoms with Gasteiger partial charge in [-0.3, -0.25) is 0 Å². The quantitative estimate of drug-likeness (QED) is 0.740. The molecule has 15 heavy (non-hydrogen) atoms. The van der Waals surface area contributed by atoms with Crippen LogP contribution in [0.5, 0.6) is 0 Å². The third-order valence-corrected chi connectivity index (χ3v) is 5.03. The van der Waals surface area contributed by atoms with Crippen LogP contribution in [0.4, 0.5) is 0 Å². The zero-order chi connectivity index (χ0) is 10.9. The van der Waals surface area contributed by atoms with Crippen molar-refractivity contribution < 1.29 is 8.42 Å². The van der Waals surface area contributed by atoms with Crippen LogP contribution in [-0.2, 0) is 10.0 Å². The number of rotatable bonds is 4. The summed E-state index contributed by atoms with van der Waals surface area (Å²) in [6.07, 6.45) is 3.94. The Balaban J connectivity index is 1.86. The molecule has 0 amide bonds. The molecule has 1 saturated heterocycles. The SMILES string of the molecule is CC1(NS(=O)(=O)CC2CCNCC2)CC1. The Hall–Kier alpha value is -0.130. The maximum absolute atomic E-state index is 11.8. The van der Waals surface area contributed by atoms with Crippen LogP contribution in [0.3, 0.4) is 0 Å². The average molecular weight is 232 g/mol. The highest BCUT2D eigenvalue weighted by Crippen LogP contribution is 2.35. The van der Waals surface area contributed by atoms with E-state index in [1.54, 1.807) is 0 Å². The summed E-state index contributed by atoms with van der Waals surface area (Å²) in [7, 11) is -3.05. The maximum Gasteiger partial charge on any atom is 0.212 e. The van der Waals surface area contributed by atoms with E-state index in [1.807, 2.05) is 6.92 Å². The summed E-state index contributed by atoms with van der Waals surface area (Å²) >= 11 is 0. The highest BCUT2D eigenvalue weighted by Gasteiger charge is 2.41. The maximum atomic E-state index is 11.8. The lowest BCUT2D eigenvalue weighted by Crippen LogP contribution is -2.40. The van der Waals surface area contributed by atoms with Crippen LogP contribution in [0.1, 0.15) is 32.6 Å². The minimum absolute atomic E-state index is 0.119. The van der Waals surface area contributed by atoms with Gasteiger partial charge in [-0.2, -0.15) is 0 Å². The van der Waals surface area contributed by atoms with Gasteiger partial charge in [-0.25, -0.2) is 13.1 Å². The smallest absolute Gasteiger partial charge is 0.212 e. The number of sulfonamides is 1. The van der Waals surface area contributed by atoms with Crippen LogP contribution in [0, 0.1) is 5.92 Å². The zero-order valence-corrected chi connectivity index (χ0v) is 10.1. The molecule has 1 heterocycles. The third kappa shape index (κ3) is 3.43. The Morgan fingerprint density at radius 2 is 1.93 bits per heavy atom. The molecule has 0 bridgehead atoms. The molecule has 2 aliphatic rings. The molecule has 4 nitrogen and oxygen atoms in total. The molecule has 2 N–H and O–H groups in total. The summed E-state index contributed by atoms with van der Waals surface area (Å²) in [5.74, 6) is 0.649. The van der Waals surface area contributed by atoms with Crippen LogP contribution in [-0.4, -0.2) is 32.8 Å². The van der Waals surface area contributed by atoms with Gasteiger partial charge < -0.3 is 5.32 Å². The summed E-state index contributed by atoms with van der Waals surface area (Å²) in [6, 6.07) is 0. The van der Waals surface area contributed by atoms with Crippen LogP contribution in [0.25, 0.3) is 0 Å². The summed E-state index contributed by atoms with van der Waals surface area (Å²) in [4.78, 5) is 0. The Morgan fingerprint density at radius 1 is 1.33 bits per heavy atom. The molecule has 0 radical (unpaired) electrons. The van der Waals surface area contributed by atoms with Crippen molar-refractivity contribution in [2.24, 2.45) is 5.92 Å². The van der Waals surface area contributed by atoms with Gasteiger partial charge in [0.15, 0.2) is 0 Å². The second kappa shape index (κ2) is 4.03. The summed E-state index contributed by atoms with van der Waals surface area (Å²) in [6.45, 7) is 3.89. The fourth-order valence-electron chi connectivity index (χ4n) is 2.07. The molecule has 88 valence electrons. The Bertz CT molecular complexity index is 316. The summed E-state index contributed by atoms with van der Waals surface area (Å²) in [5.41, 5.74) is -0.119. The van der Waals surface area contributed by atoms with Crippen LogP contribution >= 0.6 is 0 Å². The van der Waals surface area contributed by atoms with Crippen molar-refractivity contribution in [1.29, 1.82) is 0 Å². The Kier molecular flexibility index (Phi) is 3.05. The van der Waals surface area contributed by atoms with Crippen LogP contribution in [0.15, 0.2) is 0 Å². The molecular formula is C10H20N2O2S. The van der Waals surface area contributed by atoms with Gasteiger partial charge in [0, 0.05) is 5.54 Å². The van der Waals surface area contributed by atoms with Gasteiger partial charge in [-0.05, 0) is 51.6 Å². The average Bonchev–Trinajstić information content (AvgIpc) is 2.82. The fraction of sp³-hybridized carbons (Fsp3) is 1.00. The molecule has 1 aliphatic heterocycles. The van der Waals surface area contributed by atoms with E-state index in [0.717, 1.165) is 38.8 Å². The van der Waals surface area contributed by atoms with E-state index in [-0.39, 0.29) is 5.54 Å². The largest absolute Gasteiger partial charge is 0.317 e. The lowest BCUT2D eigenvalue weighted by molar-refractivity contribution is 0.399. The van der Waals surface area contributed by atoms with Gasteiger partial charge in [0.25, 0.3) is 0 Å². The van der Waals surface area contributed by atoms with Crippen LogP contribution < -0.4 is 10.0 Å². The van der Waals surface area contributed by atoms with Crippen molar-refractivity contribution in [3.05, 3.63) is 0 Å². The highest BCUT2D eigenvalue weighted by molar-refractivity contribution is 7.89. The molecule has 0 aromatic rings. The number of nitrogens with one attached hydrogen (secondary N) is 2. The van der Waals surface area contributed by atoms with Crippen molar-refractivity contribution in [2.75, 3.05) is 18.8 Å². The minimum Gasteiger partial charge on any atom is -0.317 e. The molecule has 0 aromatic heterocycles. The first-order valence-corrected chi connectivity index (χ1v) is 7.37. The third-order valence-electron chi connectivity index (χ3n) is 3.32. The van der Waals surface area contributed by atoms with Gasteiger partial charge in [0.05, 0.1) is 5.75 Å². The number of hydrogen-bond donors (Lipinski definition) is 2. The van der Waals surface area contributed by atoms with Crippen molar-refractivity contribution >= 4 is 10.0 Å². The minimum atomic E-state index is -3.05. The molecule has 2 fully saturated rings. The molecule has 0 unspecified atom stereocenters. The zero-order valence-electron chi connectivity index (χ0n) is 9.25. The van der Waals surface area contributed by atoms with E-state index in [9.17, 15) is 8.42 Å². The monoisotopic (exact) mass is 232 g/mol. The molecule has 5 heteroatoms. The first kappa shape index (κ1) is 11.4. The van der Waals surface area contributed by atoms with Crippen molar-refractivity contribution in [1.82, 2.24) is 10.0 Å². The van der Waals surface area contributed by atoms with Gasteiger partial charge >= 0.3 is 0 Å². The lowest BCUT2D eigenvalue weighted by Gasteiger charge is -2.23. The predicted molar refractivity (Wildman–Crippen MR) is 60.2 cm³/mol. The first-order valence-electron chi connectivity index (χ1n) is 5.72. The highest BCUT2D eigenvalue weighted by atomic mass is 32.2. The van der Waals surface area contributed by atoms with Crippen molar-refractivity contribution in [3.8, 4) is 0 Å². The molecule has 0 aromatic carbocycles. The Morgan fingerprint density at radius 3 is 2.47 bits per heavy atom. The van der Waals surface area contributed by atoms with E-state index < -0.39 is 10.0 Å². The standard InChI is InChI=1S/C10H20N2O2S/c1-10(4-5-10)12-15(13,14)8-9-2-6-11-7-3-9/h9,11-12H,2-8H2,1H3. The topological polar surface area (TPSA) is 58.2 Å². The van der Waals surface area contributed by atoms with Gasteiger partial charge in [0.2, 0.25) is 10.0 Å². The lowest BCUT2D eigenvalue weighted by atomic mass is 10.0. The predicted octanol–water partition coefficient (Wildman–Crippen LogP) is 0.458. The second-order valence-corrected chi connectivity index (χ2v) is 6.90. The summed E-state index contributed by atoms with van der Waals surface area (Å²) in [5, 5.41) is 3.25. The Labute approximate surface area is 91.9 Å². The molecule has 0 spiro atoms. The summed E-state index contributed by atoms with van der Waals surface area (Å²) < 4.78 is 26.5. The molecule has 1 aliphatic carbocycles. The normalized spacial score (nSPS) is 26.5. The van der Waals surface area contributed by atoms with Crippen molar-refractivity contribution in [2.45, 2.75) is 38.1 Å². The van der Waals surface area contributed by atoms with E-state index >= 15 is 0 Å². The van der Waals surface area contributed by atoms with E-state index in [2.05, 4.69) is 10.0 Å². The fourth-order valence-corrected chi connectivity index (χ4v) is 4.06.